The van der Waals surface area contributed by atoms with Crippen molar-refractivity contribution in [2.75, 3.05) is 0 Å². The molecule has 0 radical (unpaired) electrons. The molecule has 0 aliphatic heterocycles. The van der Waals surface area contributed by atoms with E-state index in [1.54, 1.807) is 19.1 Å². The maximum absolute atomic E-state index is 12.1. The first-order chi connectivity index (χ1) is 10.7. The third-order valence-corrected chi connectivity index (χ3v) is 4.95. The van der Waals surface area contributed by atoms with Crippen molar-refractivity contribution in [1.82, 2.24) is 14.5 Å². The van der Waals surface area contributed by atoms with Crippen LogP contribution in [0.4, 0.5) is 0 Å². The average Bonchev–Trinajstić information content (AvgIpc) is 2.48. The Morgan fingerprint density at radius 3 is 2.48 bits per heavy atom. The lowest BCUT2D eigenvalue weighted by Gasteiger charge is -2.08. The highest BCUT2D eigenvalue weighted by Gasteiger charge is 2.19. The molecule has 2 aromatic rings. The molecule has 0 bridgehead atoms. The van der Waals surface area contributed by atoms with Crippen LogP contribution in [0.25, 0.3) is 0 Å². The molecular formula is C13H11Cl2N3O4S. The van der Waals surface area contributed by atoms with Gasteiger partial charge in [-0.25, -0.2) is 17.8 Å². The molecule has 0 saturated heterocycles. The molecule has 1 N–H and O–H groups in total. The van der Waals surface area contributed by atoms with Crippen molar-refractivity contribution in [3.8, 4) is 0 Å². The topological polar surface area (TPSA) is 98.1 Å². The van der Waals surface area contributed by atoms with E-state index in [0.717, 1.165) is 11.8 Å². The molecule has 0 aliphatic carbocycles. The zero-order valence-electron chi connectivity index (χ0n) is 11.8. The summed E-state index contributed by atoms with van der Waals surface area (Å²) in [6.45, 7) is 1.19. The minimum Gasteiger partial charge on any atom is -0.272 e. The Morgan fingerprint density at radius 1 is 1.26 bits per heavy atom. The van der Waals surface area contributed by atoms with E-state index in [9.17, 15) is 18.0 Å². The number of aromatic nitrogens is 2. The van der Waals surface area contributed by atoms with Crippen LogP contribution in [0.1, 0.15) is 5.56 Å². The predicted molar refractivity (Wildman–Crippen MR) is 85.0 cm³/mol. The summed E-state index contributed by atoms with van der Waals surface area (Å²) in [6.07, 6.45) is 1.09. The van der Waals surface area contributed by atoms with Crippen LogP contribution in [0.2, 0.25) is 10.0 Å². The van der Waals surface area contributed by atoms with Crippen LogP contribution >= 0.6 is 23.2 Å². The standard InChI is InChI=1S/C13H11Cl2N3O4S/c1-8-2-4-9(5-3-8)23(21,22)17-11(19)7-18-13(20)12(15)10(14)6-16-18/h2-6H,7H2,1H3,(H,17,19). The molecule has 1 aromatic heterocycles. The highest BCUT2D eigenvalue weighted by molar-refractivity contribution is 7.90. The monoisotopic (exact) mass is 375 g/mol. The Labute approximate surface area is 141 Å². The van der Waals surface area contributed by atoms with Crippen molar-refractivity contribution in [1.29, 1.82) is 0 Å². The molecule has 0 spiro atoms. The second kappa shape index (κ2) is 6.69. The van der Waals surface area contributed by atoms with Gasteiger partial charge in [0.05, 0.1) is 16.1 Å². The Kier molecular flexibility index (Phi) is 5.08. The predicted octanol–water partition coefficient (Wildman–Crippen LogP) is 1.36. The van der Waals surface area contributed by atoms with Crippen LogP contribution < -0.4 is 10.3 Å². The van der Waals surface area contributed by atoms with Gasteiger partial charge in [0.25, 0.3) is 21.5 Å². The van der Waals surface area contributed by atoms with E-state index in [0.29, 0.717) is 4.68 Å². The summed E-state index contributed by atoms with van der Waals surface area (Å²) in [4.78, 5) is 23.5. The fourth-order valence-corrected chi connectivity index (χ4v) is 2.90. The van der Waals surface area contributed by atoms with E-state index in [1.807, 2.05) is 4.72 Å². The summed E-state index contributed by atoms with van der Waals surface area (Å²) in [5.41, 5.74) is 0.0869. The Balaban J connectivity index is 2.18. The summed E-state index contributed by atoms with van der Waals surface area (Å²) >= 11 is 11.3. The molecule has 0 unspecified atom stereocenters. The van der Waals surface area contributed by atoms with E-state index in [-0.39, 0.29) is 14.9 Å². The Bertz CT molecular complexity index is 908. The van der Waals surface area contributed by atoms with Crippen LogP contribution in [0, 0.1) is 6.92 Å². The van der Waals surface area contributed by atoms with Crippen molar-refractivity contribution >= 4 is 39.1 Å². The van der Waals surface area contributed by atoms with Crippen molar-refractivity contribution in [2.45, 2.75) is 18.4 Å². The highest BCUT2D eigenvalue weighted by atomic mass is 35.5. The quantitative estimate of drug-likeness (QED) is 0.869. The lowest BCUT2D eigenvalue weighted by Crippen LogP contribution is -2.37. The fraction of sp³-hybridized carbons (Fsp3) is 0.154. The number of aryl methyl sites for hydroxylation is 1. The van der Waals surface area contributed by atoms with Crippen molar-refractivity contribution < 1.29 is 13.2 Å². The Morgan fingerprint density at radius 2 is 1.87 bits per heavy atom. The van der Waals surface area contributed by atoms with Gasteiger partial charge in [-0.05, 0) is 19.1 Å². The van der Waals surface area contributed by atoms with Gasteiger partial charge >= 0.3 is 0 Å². The van der Waals surface area contributed by atoms with Crippen LogP contribution in [-0.4, -0.2) is 24.1 Å². The molecule has 0 saturated carbocycles. The first-order valence-corrected chi connectivity index (χ1v) is 8.48. The Hall–Kier alpha value is -1.90. The van der Waals surface area contributed by atoms with Crippen LogP contribution in [0.3, 0.4) is 0 Å². The van der Waals surface area contributed by atoms with Crippen molar-refractivity contribution in [3.63, 3.8) is 0 Å². The normalized spacial score (nSPS) is 11.3. The largest absolute Gasteiger partial charge is 0.287 e. The van der Waals surface area contributed by atoms with Gasteiger partial charge in [0.1, 0.15) is 11.6 Å². The molecule has 1 aromatic carbocycles. The number of halogens is 2. The molecule has 7 nitrogen and oxygen atoms in total. The van der Waals surface area contributed by atoms with E-state index in [1.165, 1.54) is 12.1 Å². The minimum atomic E-state index is -4.03. The second-order valence-electron chi connectivity index (χ2n) is 4.61. The molecule has 1 heterocycles. The number of nitrogens with one attached hydrogen (secondary N) is 1. The molecule has 122 valence electrons. The lowest BCUT2D eigenvalue weighted by molar-refractivity contribution is -0.120. The van der Waals surface area contributed by atoms with Gasteiger partial charge in [-0.1, -0.05) is 40.9 Å². The van der Waals surface area contributed by atoms with Gasteiger partial charge in [-0.2, -0.15) is 5.10 Å². The van der Waals surface area contributed by atoms with Crippen molar-refractivity contribution in [2.24, 2.45) is 0 Å². The van der Waals surface area contributed by atoms with E-state index in [4.69, 9.17) is 23.2 Å². The number of benzene rings is 1. The number of sulfonamides is 1. The molecule has 0 atom stereocenters. The maximum atomic E-state index is 12.1. The first kappa shape index (κ1) is 17.5. The lowest BCUT2D eigenvalue weighted by atomic mass is 10.2. The van der Waals surface area contributed by atoms with Gasteiger partial charge in [-0.3, -0.25) is 9.59 Å². The van der Waals surface area contributed by atoms with Gasteiger partial charge in [-0.15, -0.1) is 0 Å². The number of carbonyl (C=O) groups is 1. The van der Waals surface area contributed by atoms with Crippen LogP contribution in [-0.2, 0) is 21.4 Å². The molecule has 2 rings (SSSR count). The van der Waals surface area contributed by atoms with E-state index < -0.39 is 28.0 Å². The van der Waals surface area contributed by atoms with Gasteiger partial charge in [0, 0.05) is 0 Å². The van der Waals surface area contributed by atoms with E-state index >= 15 is 0 Å². The molecule has 0 aliphatic rings. The van der Waals surface area contributed by atoms with Crippen LogP contribution in [0.15, 0.2) is 40.2 Å². The van der Waals surface area contributed by atoms with Gasteiger partial charge in [0.2, 0.25) is 0 Å². The number of hydrogen-bond donors (Lipinski definition) is 1. The first-order valence-electron chi connectivity index (χ1n) is 6.24. The number of nitrogens with zero attached hydrogens (tertiary/aromatic N) is 2. The van der Waals surface area contributed by atoms with E-state index in [2.05, 4.69) is 5.10 Å². The third kappa shape index (κ3) is 4.10. The molecule has 0 fully saturated rings. The smallest absolute Gasteiger partial charge is 0.272 e. The molecule has 23 heavy (non-hydrogen) atoms. The summed E-state index contributed by atoms with van der Waals surface area (Å²) in [5, 5.41) is 3.27. The number of amides is 1. The number of carbonyl (C=O) groups excluding carboxylic acids is 1. The summed E-state index contributed by atoms with van der Waals surface area (Å²) in [5.74, 6) is -0.932. The summed E-state index contributed by atoms with van der Waals surface area (Å²) < 4.78 is 26.7. The zero-order chi connectivity index (χ0) is 17.2. The SMILES string of the molecule is Cc1ccc(S(=O)(=O)NC(=O)Cn2ncc(Cl)c(Cl)c2=O)cc1. The minimum absolute atomic E-state index is 0.0550. The number of rotatable bonds is 4. The zero-order valence-corrected chi connectivity index (χ0v) is 14.1. The summed E-state index contributed by atoms with van der Waals surface area (Å²) in [6, 6.07) is 5.94. The van der Waals surface area contributed by atoms with Crippen molar-refractivity contribution in [3.05, 3.63) is 56.4 Å². The van der Waals surface area contributed by atoms with Gasteiger partial charge in [0.15, 0.2) is 0 Å². The second-order valence-corrected chi connectivity index (χ2v) is 7.08. The maximum Gasteiger partial charge on any atom is 0.287 e. The molecule has 1 amide bonds. The number of hydrogen-bond acceptors (Lipinski definition) is 5. The third-order valence-electron chi connectivity index (χ3n) is 2.82. The fourth-order valence-electron chi connectivity index (χ4n) is 1.65. The summed E-state index contributed by atoms with van der Waals surface area (Å²) in [7, 11) is -4.03. The average molecular weight is 376 g/mol. The molecule has 10 heteroatoms. The van der Waals surface area contributed by atoms with Crippen LogP contribution in [0.5, 0.6) is 0 Å². The highest BCUT2D eigenvalue weighted by Crippen LogP contribution is 2.14. The van der Waals surface area contributed by atoms with Gasteiger partial charge < -0.3 is 0 Å². The molecular weight excluding hydrogens is 365 g/mol.